The molecule has 3 nitrogen and oxygen atoms in total. The van der Waals surface area contributed by atoms with Gasteiger partial charge in [-0.2, -0.15) is 0 Å². The Kier molecular flexibility index (Phi) is 33.2. The Morgan fingerprint density at radius 1 is 0.857 bits per heavy atom. The maximum atomic E-state index is 7.62. The first kappa shape index (κ1) is 19.9. The zero-order chi connectivity index (χ0) is 10.4. The molecule has 0 unspecified atom stereocenters. The van der Waals surface area contributed by atoms with Crippen molar-refractivity contribution in [2.24, 2.45) is 0 Å². The third-order valence-electron chi connectivity index (χ3n) is 1.38. The Morgan fingerprint density at radius 2 is 1.21 bits per heavy atom. The van der Waals surface area contributed by atoms with Gasteiger partial charge in [-0.25, -0.2) is 0 Å². The predicted molar refractivity (Wildman–Crippen MR) is 64.7 cm³/mol. The van der Waals surface area contributed by atoms with Crippen LogP contribution in [0.25, 0.3) is 0 Å². The van der Waals surface area contributed by atoms with Crippen LogP contribution in [0.3, 0.4) is 0 Å². The van der Waals surface area contributed by atoms with E-state index in [1.807, 2.05) is 0 Å². The van der Waals surface area contributed by atoms with Crippen LogP contribution < -0.4 is 0 Å². The van der Waals surface area contributed by atoms with Gasteiger partial charge in [0.25, 0.3) is 0 Å². The van der Waals surface area contributed by atoms with Gasteiger partial charge in [-0.15, -0.1) is 0 Å². The van der Waals surface area contributed by atoms with Gasteiger partial charge in [0.1, 0.15) is 0 Å². The van der Waals surface area contributed by atoms with E-state index in [1.54, 1.807) is 0 Å². The second-order valence-corrected chi connectivity index (χ2v) is 2.77. The quantitative estimate of drug-likeness (QED) is 0.484. The van der Waals surface area contributed by atoms with Gasteiger partial charge in [0.15, 0.2) is 17.4 Å². The van der Waals surface area contributed by atoms with Crippen LogP contribution in [0.4, 0.5) is 0 Å². The number of ether oxygens (including phenoxy) is 1. The van der Waals surface area contributed by atoms with Crippen molar-refractivity contribution in [1.29, 1.82) is 0 Å². The van der Waals surface area contributed by atoms with E-state index < -0.39 is 0 Å². The van der Waals surface area contributed by atoms with Crippen LogP contribution in [0.2, 0.25) is 0 Å². The first-order chi connectivity index (χ1) is 6.33. The SMILES string of the molecule is CCCCOCCCC.OCCO.[AlH3]. The van der Waals surface area contributed by atoms with Crippen LogP contribution in [0.5, 0.6) is 0 Å². The van der Waals surface area contributed by atoms with E-state index in [-0.39, 0.29) is 30.6 Å². The summed E-state index contributed by atoms with van der Waals surface area (Å²) < 4.78 is 5.31. The molecule has 0 aliphatic rings. The first-order valence-corrected chi connectivity index (χ1v) is 5.12. The molecule has 0 radical (unpaired) electrons. The van der Waals surface area contributed by atoms with E-state index in [2.05, 4.69) is 13.8 Å². The zero-order valence-corrected chi connectivity index (χ0v) is 8.96. The van der Waals surface area contributed by atoms with Gasteiger partial charge >= 0.3 is 0 Å². The second-order valence-electron chi connectivity index (χ2n) is 2.77. The minimum atomic E-state index is -0.125. The molecule has 0 aliphatic carbocycles. The molecule has 14 heavy (non-hydrogen) atoms. The molecular weight excluding hydrogens is 195 g/mol. The molecule has 0 aliphatic heterocycles. The van der Waals surface area contributed by atoms with Gasteiger partial charge in [-0.3, -0.25) is 0 Å². The summed E-state index contributed by atoms with van der Waals surface area (Å²) >= 11 is 0. The van der Waals surface area contributed by atoms with E-state index in [4.69, 9.17) is 14.9 Å². The topological polar surface area (TPSA) is 49.7 Å². The molecule has 4 heteroatoms. The van der Waals surface area contributed by atoms with Crippen LogP contribution in [-0.2, 0) is 4.74 Å². The fraction of sp³-hybridized carbons (Fsp3) is 1.00. The molecule has 2 N–H and O–H groups in total. The summed E-state index contributed by atoms with van der Waals surface area (Å²) in [4.78, 5) is 0. The lowest BCUT2D eigenvalue weighted by molar-refractivity contribution is 0.128. The van der Waals surface area contributed by atoms with Crippen molar-refractivity contribution in [3.8, 4) is 0 Å². The van der Waals surface area contributed by atoms with Gasteiger partial charge in [0.2, 0.25) is 0 Å². The highest BCUT2D eigenvalue weighted by Crippen LogP contribution is 1.91. The van der Waals surface area contributed by atoms with Crippen molar-refractivity contribution >= 4 is 17.4 Å². The highest BCUT2D eigenvalue weighted by atomic mass is 27.0. The van der Waals surface area contributed by atoms with Gasteiger partial charge in [0.05, 0.1) is 13.2 Å². The number of hydrogen-bond donors (Lipinski definition) is 2. The number of hydrogen-bond acceptors (Lipinski definition) is 3. The highest BCUT2D eigenvalue weighted by molar-refractivity contribution is 5.75. The summed E-state index contributed by atoms with van der Waals surface area (Å²) in [5, 5.41) is 15.2. The zero-order valence-electron chi connectivity index (χ0n) is 8.96. The van der Waals surface area contributed by atoms with Crippen molar-refractivity contribution in [3.05, 3.63) is 0 Å². The minimum Gasteiger partial charge on any atom is -0.394 e. The Balaban J connectivity index is -0.000000209. The van der Waals surface area contributed by atoms with E-state index in [1.165, 1.54) is 25.7 Å². The fourth-order valence-corrected chi connectivity index (χ4v) is 0.595. The van der Waals surface area contributed by atoms with E-state index in [9.17, 15) is 0 Å². The lowest BCUT2D eigenvalue weighted by Gasteiger charge is -1.99. The Hall–Kier alpha value is 0.412. The lowest BCUT2D eigenvalue weighted by atomic mass is 10.3. The standard InChI is InChI=1S/C8H18O.C2H6O2.Al.3H/c1-3-5-7-9-8-6-4-2;3-1-2-4;;;;/h3-8H2,1-2H3;3-4H,1-2H2;;;;. The molecule has 0 atom stereocenters. The molecule has 0 rings (SSSR count). The third-order valence-corrected chi connectivity index (χ3v) is 1.38. The molecule has 0 aromatic carbocycles. The van der Waals surface area contributed by atoms with Gasteiger partial charge in [0, 0.05) is 13.2 Å². The molecule has 0 amide bonds. The van der Waals surface area contributed by atoms with Crippen molar-refractivity contribution in [1.82, 2.24) is 0 Å². The summed E-state index contributed by atoms with van der Waals surface area (Å²) in [6, 6.07) is 0. The van der Waals surface area contributed by atoms with Crippen molar-refractivity contribution in [3.63, 3.8) is 0 Å². The Bertz CT molecular complexity index is 64.4. The van der Waals surface area contributed by atoms with E-state index in [0.717, 1.165) is 13.2 Å². The average Bonchev–Trinajstić information content (AvgIpc) is 2.18. The fourth-order valence-electron chi connectivity index (χ4n) is 0.595. The largest absolute Gasteiger partial charge is 0.394 e. The molecule has 0 bridgehead atoms. The maximum absolute atomic E-state index is 7.62. The van der Waals surface area contributed by atoms with Crippen molar-refractivity contribution in [2.45, 2.75) is 39.5 Å². The van der Waals surface area contributed by atoms with Gasteiger partial charge < -0.3 is 14.9 Å². The molecule has 0 saturated heterocycles. The molecule has 0 aromatic rings. The summed E-state index contributed by atoms with van der Waals surface area (Å²) in [5.41, 5.74) is 0. The third kappa shape index (κ3) is 29.4. The molecule has 0 aromatic heterocycles. The average molecular weight is 222 g/mol. The van der Waals surface area contributed by atoms with Gasteiger partial charge in [-0.1, -0.05) is 26.7 Å². The highest BCUT2D eigenvalue weighted by Gasteiger charge is 1.84. The maximum Gasteiger partial charge on any atom is 0.187 e. The molecule has 0 spiro atoms. The van der Waals surface area contributed by atoms with Crippen molar-refractivity contribution < 1.29 is 14.9 Å². The second kappa shape index (κ2) is 23.3. The van der Waals surface area contributed by atoms with Crippen LogP contribution in [0, 0.1) is 0 Å². The van der Waals surface area contributed by atoms with Crippen LogP contribution >= 0.6 is 0 Å². The van der Waals surface area contributed by atoms with Gasteiger partial charge in [-0.05, 0) is 12.8 Å². The van der Waals surface area contributed by atoms with E-state index >= 15 is 0 Å². The van der Waals surface area contributed by atoms with Crippen LogP contribution in [-0.4, -0.2) is 54.0 Å². The predicted octanol–water partition coefficient (Wildman–Crippen LogP) is 0.390. The summed E-state index contributed by atoms with van der Waals surface area (Å²) in [6.07, 6.45) is 4.91. The summed E-state index contributed by atoms with van der Waals surface area (Å²) in [5.74, 6) is 0. The monoisotopic (exact) mass is 222 g/mol. The molecular formula is C10H27AlO3. The normalized spacial score (nSPS) is 8.57. The molecule has 0 saturated carbocycles. The number of aliphatic hydroxyl groups excluding tert-OH is 2. The Morgan fingerprint density at radius 3 is 1.43 bits per heavy atom. The van der Waals surface area contributed by atoms with Crippen molar-refractivity contribution in [2.75, 3.05) is 26.4 Å². The minimum absolute atomic E-state index is 0. The molecule has 88 valence electrons. The molecule has 0 fully saturated rings. The lowest BCUT2D eigenvalue weighted by Crippen LogP contribution is -1.95. The van der Waals surface area contributed by atoms with Crippen LogP contribution in [0.15, 0.2) is 0 Å². The van der Waals surface area contributed by atoms with Crippen LogP contribution in [0.1, 0.15) is 39.5 Å². The number of aliphatic hydroxyl groups is 2. The summed E-state index contributed by atoms with van der Waals surface area (Å²) in [6.45, 7) is 6.03. The first-order valence-electron chi connectivity index (χ1n) is 5.12. The summed E-state index contributed by atoms with van der Waals surface area (Å²) in [7, 11) is 0. The molecule has 0 heterocycles. The smallest absolute Gasteiger partial charge is 0.187 e. The number of unbranched alkanes of at least 4 members (excludes halogenated alkanes) is 2. The number of rotatable bonds is 7. The van der Waals surface area contributed by atoms with E-state index in [0.29, 0.717) is 0 Å². The Labute approximate surface area is 98.6 Å².